The molecule has 0 aliphatic carbocycles. The lowest BCUT2D eigenvalue weighted by Gasteiger charge is -2.36. The quantitative estimate of drug-likeness (QED) is 0.535. The van der Waals surface area contributed by atoms with E-state index in [4.69, 9.17) is 23.2 Å². The molecule has 1 atom stereocenters. The number of carbonyl (C=O) groups excluding carboxylic acids is 1. The molecule has 178 valence electrons. The van der Waals surface area contributed by atoms with E-state index in [1.165, 1.54) is 0 Å². The van der Waals surface area contributed by atoms with E-state index in [1.807, 2.05) is 35.1 Å². The number of hydrogen-bond acceptors (Lipinski definition) is 5. The number of hydrazone groups is 1. The van der Waals surface area contributed by atoms with Crippen LogP contribution in [0.1, 0.15) is 22.5 Å². The summed E-state index contributed by atoms with van der Waals surface area (Å²) in [5.74, 6) is 0.313. The number of aromatic nitrogens is 2. The van der Waals surface area contributed by atoms with Crippen molar-refractivity contribution < 1.29 is 9.48 Å². The van der Waals surface area contributed by atoms with E-state index in [0.29, 0.717) is 33.9 Å². The number of nitrogens with zero attached hydrogens (tertiary/aromatic N) is 6. The number of likely N-dealkylation sites (tertiary alicyclic amines) is 1. The normalized spacial score (nSPS) is 21.5. The van der Waals surface area contributed by atoms with Gasteiger partial charge in [0.05, 0.1) is 50.8 Å². The molecule has 1 N–H and O–H groups in total. The van der Waals surface area contributed by atoms with Crippen LogP contribution in [0.15, 0.2) is 41.8 Å². The highest BCUT2D eigenvalue weighted by Crippen LogP contribution is 2.40. The second-order valence-electron chi connectivity index (χ2n) is 9.28. The van der Waals surface area contributed by atoms with Crippen molar-refractivity contribution in [1.29, 1.82) is 0 Å². The van der Waals surface area contributed by atoms with Gasteiger partial charge in [-0.2, -0.15) is 0 Å². The Hall–Kier alpha value is -3.20. The Bertz CT molecular complexity index is 1440. The summed E-state index contributed by atoms with van der Waals surface area (Å²) in [4.78, 5) is 27.4. The zero-order chi connectivity index (χ0) is 24.3. The topological polar surface area (TPSA) is 70.8 Å². The van der Waals surface area contributed by atoms with E-state index in [9.17, 15) is 4.79 Å². The fraction of sp³-hybridized carbons (Fsp3) is 0.280. The second kappa shape index (κ2) is 8.48. The number of aromatic amines is 1. The van der Waals surface area contributed by atoms with Crippen LogP contribution in [0.3, 0.4) is 0 Å². The Balaban J connectivity index is 1.35. The van der Waals surface area contributed by atoms with Crippen molar-refractivity contribution in [1.82, 2.24) is 14.9 Å². The second-order valence-corrected chi connectivity index (χ2v) is 10.1. The Morgan fingerprint density at radius 2 is 2.00 bits per heavy atom. The zero-order valence-electron chi connectivity index (χ0n) is 19.4. The summed E-state index contributed by atoms with van der Waals surface area (Å²) in [6, 6.07) is 7.26. The summed E-state index contributed by atoms with van der Waals surface area (Å²) >= 11 is 12.8. The molecule has 1 unspecified atom stereocenters. The maximum absolute atomic E-state index is 13.5. The van der Waals surface area contributed by atoms with E-state index in [2.05, 4.69) is 33.2 Å². The van der Waals surface area contributed by atoms with Crippen LogP contribution in [0.4, 0.5) is 11.4 Å². The number of rotatable bonds is 3. The molecule has 0 bridgehead atoms. The molecule has 6 rings (SSSR count). The SMILES string of the molecule is CN1CCC(/C=[N+]2/C=C(c3cc4c5c(cnc4[nH]3)C(=O)N(c3c(Cl)cccc3Cl)CN5C)C=N2)C1. The molecule has 3 aliphatic rings. The largest absolute Gasteiger partial charge is 0.355 e. The fourth-order valence-electron chi connectivity index (χ4n) is 5.06. The van der Waals surface area contributed by atoms with E-state index in [0.717, 1.165) is 47.5 Å². The van der Waals surface area contributed by atoms with Crippen molar-refractivity contribution in [3.8, 4) is 0 Å². The molecule has 0 spiro atoms. The molecule has 0 saturated carbocycles. The van der Waals surface area contributed by atoms with Crippen LogP contribution in [-0.2, 0) is 0 Å². The minimum absolute atomic E-state index is 0.186. The summed E-state index contributed by atoms with van der Waals surface area (Å²) in [7, 11) is 4.09. The van der Waals surface area contributed by atoms with Crippen LogP contribution < -0.4 is 9.80 Å². The van der Waals surface area contributed by atoms with Crippen molar-refractivity contribution >= 4 is 69.5 Å². The highest BCUT2D eigenvalue weighted by Gasteiger charge is 2.33. The minimum atomic E-state index is -0.186. The van der Waals surface area contributed by atoms with Crippen LogP contribution in [0, 0.1) is 5.92 Å². The molecule has 1 aromatic carbocycles. The number of pyridine rings is 1. The van der Waals surface area contributed by atoms with Gasteiger partial charge >= 0.3 is 0 Å². The maximum Gasteiger partial charge on any atom is 0.263 e. The molecule has 1 amide bonds. The lowest BCUT2D eigenvalue weighted by Crippen LogP contribution is -2.45. The lowest BCUT2D eigenvalue weighted by atomic mass is 10.1. The molecule has 3 aliphatic heterocycles. The van der Waals surface area contributed by atoms with Crippen molar-refractivity contribution in [2.45, 2.75) is 6.42 Å². The molecule has 3 aromatic rings. The van der Waals surface area contributed by atoms with Crippen molar-refractivity contribution in [3.05, 3.63) is 58.0 Å². The molecule has 8 nitrogen and oxygen atoms in total. The minimum Gasteiger partial charge on any atom is -0.355 e. The predicted molar refractivity (Wildman–Crippen MR) is 141 cm³/mol. The summed E-state index contributed by atoms with van der Waals surface area (Å²) in [6.07, 6.45) is 8.80. The number of hydrogen-bond donors (Lipinski definition) is 1. The number of fused-ring (bicyclic) bond motifs is 3. The van der Waals surface area contributed by atoms with E-state index in [-0.39, 0.29) is 5.91 Å². The van der Waals surface area contributed by atoms with Crippen molar-refractivity contribution in [3.63, 3.8) is 0 Å². The number of carbonyl (C=O) groups is 1. The van der Waals surface area contributed by atoms with Gasteiger partial charge in [0.25, 0.3) is 5.91 Å². The number of halogens is 2. The molecular weight excluding hydrogens is 485 g/mol. The smallest absolute Gasteiger partial charge is 0.263 e. The highest BCUT2D eigenvalue weighted by atomic mass is 35.5. The molecule has 2 aromatic heterocycles. The number of H-pyrrole nitrogens is 1. The van der Waals surface area contributed by atoms with Gasteiger partial charge in [-0.3, -0.25) is 9.69 Å². The first-order valence-corrected chi connectivity index (χ1v) is 12.2. The third-order valence-corrected chi connectivity index (χ3v) is 7.36. The number of allylic oxidation sites excluding steroid dienone is 1. The van der Waals surface area contributed by atoms with E-state index >= 15 is 0 Å². The highest BCUT2D eigenvalue weighted by molar-refractivity contribution is 6.40. The maximum atomic E-state index is 13.5. The molecule has 10 heteroatoms. The first kappa shape index (κ1) is 22.3. The van der Waals surface area contributed by atoms with E-state index in [1.54, 1.807) is 29.3 Å². The number of benzene rings is 1. The standard InChI is InChI=1S/C25H23Cl2N7O/c1-31-7-6-15(11-31)12-33-13-16(9-29-33)21-8-17-22-18(10-28-24(17)30-21)25(35)34(14-32(22)2)23-19(26)4-3-5-20(23)27/h3-5,8-10,12-13,15H,6-7,11,14H2,1-2H3/p+1/b33-12-. The van der Waals surface area contributed by atoms with Crippen LogP contribution in [0.5, 0.6) is 0 Å². The molecule has 35 heavy (non-hydrogen) atoms. The zero-order valence-corrected chi connectivity index (χ0v) is 20.9. The number of nitrogens with one attached hydrogen (secondary N) is 1. The summed E-state index contributed by atoms with van der Waals surface area (Å²) in [6.45, 7) is 2.48. The van der Waals surface area contributed by atoms with Gasteiger partial charge in [0.1, 0.15) is 11.9 Å². The van der Waals surface area contributed by atoms with Crippen LogP contribution in [-0.4, -0.2) is 71.7 Å². The average Bonchev–Trinajstić information content (AvgIpc) is 3.56. The average molecular weight is 509 g/mol. The first-order valence-electron chi connectivity index (χ1n) is 11.5. The molecular formula is C25H24Cl2N7O+. The number of amides is 1. The Kier molecular flexibility index (Phi) is 5.40. The van der Waals surface area contributed by atoms with Gasteiger partial charge in [0.2, 0.25) is 6.20 Å². The van der Waals surface area contributed by atoms with Gasteiger partial charge in [-0.1, -0.05) is 34.0 Å². The molecule has 0 radical (unpaired) electrons. The van der Waals surface area contributed by atoms with E-state index < -0.39 is 0 Å². The Morgan fingerprint density at radius 1 is 1.20 bits per heavy atom. The third-order valence-electron chi connectivity index (χ3n) is 6.75. The Labute approximate surface area is 212 Å². The van der Waals surface area contributed by atoms with Crippen molar-refractivity contribution in [2.24, 2.45) is 11.0 Å². The van der Waals surface area contributed by atoms with Gasteiger partial charge in [-0.05, 0) is 43.3 Å². The summed E-state index contributed by atoms with van der Waals surface area (Å²) in [5, 5.41) is 6.27. The van der Waals surface area contributed by atoms with Gasteiger partial charge in [-0.15, -0.1) is 0 Å². The number of anilines is 2. The first-order chi connectivity index (χ1) is 16.9. The van der Waals surface area contributed by atoms with Gasteiger partial charge in [0.15, 0.2) is 6.21 Å². The summed E-state index contributed by atoms with van der Waals surface area (Å²) in [5.41, 5.74) is 4.43. The van der Waals surface area contributed by atoms with Crippen LogP contribution >= 0.6 is 23.2 Å². The molecule has 1 saturated heterocycles. The van der Waals surface area contributed by atoms with Crippen molar-refractivity contribution in [2.75, 3.05) is 43.7 Å². The van der Waals surface area contributed by atoms with Gasteiger partial charge in [0, 0.05) is 25.2 Å². The van der Waals surface area contributed by atoms with Gasteiger partial charge < -0.3 is 14.8 Å². The number of para-hydroxylation sites is 1. The fourth-order valence-corrected chi connectivity index (χ4v) is 5.66. The third kappa shape index (κ3) is 3.82. The van der Waals surface area contributed by atoms with Crippen LogP contribution in [0.25, 0.3) is 16.6 Å². The van der Waals surface area contributed by atoms with Gasteiger partial charge in [-0.25, -0.2) is 4.98 Å². The van der Waals surface area contributed by atoms with Crippen LogP contribution in [0.2, 0.25) is 10.0 Å². The monoisotopic (exact) mass is 508 g/mol. The lowest BCUT2D eigenvalue weighted by molar-refractivity contribution is -0.454. The summed E-state index contributed by atoms with van der Waals surface area (Å²) < 4.78 is 1.90. The molecule has 5 heterocycles. The Morgan fingerprint density at radius 3 is 2.74 bits per heavy atom. The predicted octanol–water partition coefficient (Wildman–Crippen LogP) is 4.30. The molecule has 1 fully saturated rings.